The minimum Gasteiger partial charge on any atom is -0.392 e. The number of morpholine rings is 1. The van der Waals surface area contributed by atoms with E-state index < -0.39 is 30.3 Å². The summed E-state index contributed by atoms with van der Waals surface area (Å²) in [5.41, 5.74) is 0.184. The van der Waals surface area contributed by atoms with E-state index in [0.717, 1.165) is 32.2 Å². The number of Topliss-reactive ketones (excluding diaryl/α,β-unsaturated/α-hetero) is 1. The summed E-state index contributed by atoms with van der Waals surface area (Å²) in [5, 5.41) is 16.1. The van der Waals surface area contributed by atoms with Gasteiger partial charge in [0.15, 0.2) is 5.78 Å². The van der Waals surface area contributed by atoms with Crippen molar-refractivity contribution in [2.24, 2.45) is 17.8 Å². The molecular formula is C30H47FN4O4. The lowest BCUT2D eigenvalue weighted by Crippen LogP contribution is -2.73. The third-order valence-electron chi connectivity index (χ3n) is 10.8. The zero-order chi connectivity index (χ0) is 27.3. The standard InChI is InChI=1S/C30H47FN4O4/c1-17(36)15-33-26-23(31)14-21-27-29(26)39-25-13-19-7-4-3-6-18(19)12-24(25)35(27)16-22(28(21)37)30(38)32-10-9-20-8-5-11-34(20)2/h16-21,23-27,29,33,36H,3-15H2,1-2H3,(H,32,38)/t17-,18?,19?,20?,21?,23?,24?,25?,26?,27?,29?/m0/s1. The highest BCUT2D eigenvalue weighted by Crippen LogP contribution is 2.50. The summed E-state index contributed by atoms with van der Waals surface area (Å²) in [6.07, 6.45) is 9.59. The van der Waals surface area contributed by atoms with Crippen LogP contribution >= 0.6 is 0 Å². The van der Waals surface area contributed by atoms with Gasteiger partial charge >= 0.3 is 0 Å². The first kappa shape index (κ1) is 27.6. The highest BCUT2D eigenvalue weighted by molar-refractivity contribution is 6.20. The third kappa shape index (κ3) is 5.29. The second kappa shape index (κ2) is 11.4. The first-order chi connectivity index (χ1) is 18.8. The molecule has 6 rings (SSSR count). The van der Waals surface area contributed by atoms with E-state index in [9.17, 15) is 14.7 Å². The van der Waals surface area contributed by atoms with Gasteiger partial charge in [-0.25, -0.2) is 4.39 Å². The number of carbonyl (C=O) groups excluding carboxylic acids is 2. The Hall–Kier alpha value is -1.55. The van der Waals surface area contributed by atoms with Crippen LogP contribution in [0.25, 0.3) is 0 Å². The van der Waals surface area contributed by atoms with Crippen LogP contribution in [0.3, 0.4) is 0 Å². The number of hydrogen-bond donors (Lipinski definition) is 3. The van der Waals surface area contributed by atoms with Crippen LogP contribution in [0.1, 0.15) is 71.1 Å². The lowest BCUT2D eigenvalue weighted by Gasteiger charge is -2.61. The molecule has 0 bridgehead atoms. The van der Waals surface area contributed by atoms with E-state index in [4.69, 9.17) is 4.74 Å². The second-order valence-electron chi connectivity index (χ2n) is 13.3. The Morgan fingerprint density at radius 2 is 1.95 bits per heavy atom. The van der Waals surface area contributed by atoms with Crippen molar-refractivity contribution in [3.63, 3.8) is 0 Å². The molecule has 39 heavy (non-hydrogen) atoms. The van der Waals surface area contributed by atoms with E-state index >= 15 is 4.39 Å². The molecule has 218 valence electrons. The summed E-state index contributed by atoms with van der Waals surface area (Å²) in [4.78, 5) is 31.8. The van der Waals surface area contributed by atoms with E-state index in [-0.39, 0.29) is 48.4 Å². The number of likely N-dealkylation sites (tertiary alicyclic amines) is 1. The number of nitrogens with zero attached hydrogens (tertiary/aromatic N) is 2. The quantitative estimate of drug-likeness (QED) is 0.422. The Morgan fingerprint density at radius 3 is 2.67 bits per heavy atom. The Morgan fingerprint density at radius 1 is 1.18 bits per heavy atom. The van der Waals surface area contributed by atoms with Gasteiger partial charge in [0.25, 0.3) is 5.91 Å². The molecular weight excluding hydrogens is 499 g/mol. The molecule has 0 spiro atoms. The number of nitrogens with one attached hydrogen (secondary N) is 2. The maximum Gasteiger partial charge on any atom is 0.256 e. The summed E-state index contributed by atoms with van der Waals surface area (Å²) in [7, 11) is 2.12. The van der Waals surface area contributed by atoms with Crippen LogP contribution in [0.15, 0.2) is 11.8 Å². The van der Waals surface area contributed by atoms with Gasteiger partial charge in [0.05, 0.1) is 42.0 Å². The van der Waals surface area contributed by atoms with Gasteiger partial charge < -0.3 is 30.3 Å². The van der Waals surface area contributed by atoms with Gasteiger partial charge in [-0.05, 0) is 70.9 Å². The van der Waals surface area contributed by atoms with E-state index in [0.29, 0.717) is 24.4 Å². The Labute approximate surface area is 232 Å². The van der Waals surface area contributed by atoms with Crippen LogP contribution in [0.5, 0.6) is 0 Å². The highest BCUT2D eigenvalue weighted by atomic mass is 19.1. The number of carbonyl (C=O) groups is 2. The maximum absolute atomic E-state index is 15.7. The number of rotatable bonds is 7. The fourth-order valence-electron chi connectivity index (χ4n) is 8.79. The number of hydrogen-bond acceptors (Lipinski definition) is 7. The number of ether oxygens (including phenoxy) is 1. The van der Waals surface area contributed by atoms with Crippen LogP contribution < -0.4 is 10.6 Å². The number of fused-ring (bicyclic) bond motifs is 3. The number of aliphatic hydroxyl groups excluding tert-OH is 1. The van der Waals surface area contributed by atoms with Gasteiger partial charge in [0.1, 0.15) is 6.17 Å². The summed E-state index contributed by atoms with van der Waals surface area (Å²) in [5.74, 6) is 0.0998. The number of amides is 1. The SMILES string of the molecule is C[C@H](O)CNC1C(F)CC2C(=O)C(C(=O)NCCC3CCCN3C)=CN3C4CC5CCCCC5CC4OC1C23. The van der Waals surface area contributed by atoms with Crippen molar-refractivity contribution in [1.82, 2.24) is 20.4 Å². The van der Waals surface area contributed by atoms with Crippen LogP contribution in [0.4, 0.5) is 4.39 Å². The average Bonchev–Trinajstić information content (AvgIpc) is 3.32. The molecule has 5 fully saturated rings. The Balaban J connectivity index is 1.26. The zero-order valence-electron chi connectivity index (χ0n) is 23.6. The van der Waals surface area contributed by atoms with Crippen LogP contribution in [-0.2, 0) is 14.3 Å². The van der Waals surface area contributed by atoms with Crippen molar-refractivity contribution < 1.29 is 23.8 Å². The predicted octanol–water partition coefficient (Wildman–Crippen LogP) is 2.16. The maximum atomic E-state index is 15.7. The number of halogens is 1. The predicted molar refractivity (Wildman–Crippen MR) is 146 cm³/mol. The van der Waals surface area contributed by atoms with Crippen molar-refractivity contribution in [2.45, 2.75) is 120 Å². The van der Waals surface area contributed by atoms with Crippen molar-refractivity contribution in [1.29, 1.82) is 0 Å². The molecule has 0 aromatic rings. The molecule has 0 radical (unpaired) electrons. The summed E-state index contributed by atoms with van der Waals surface area (Å²) in [6, 6.07) is -0.312. The number of alkyl halides is 1. The minimum absolute atomic E-state index is 0.0425. The summed E-state index contributed by atoms with van der Waals surface area (Å²) < 4.78 is 22.5. The topological polar surface area (TPSA) is 94.1 Å². The molecule has 3 heterocycles. The monoisotopic (exact) mass is 546 g/mol. The molecule has 10 unspecified atom stereocenters. The van der Waals surface area contributed by atoms with E-state index in [2.05, 4.69) is 27.5 Å². The first-order valence-corrected chi connectivity index (χ1v) is 15.5. The molecule has 9 heteroatoms. The molecule has 3 aliphatic carbocycles. The van der Waals surface area contributed by atoms with Crippen molar-refractivity contribution in [2.75, 3.05) is 26.7 Å². The lowest BCUT2D eigenvalue weighted by atomic mass is 9.65. The van der Waals surface area contributed by atoms with Crippen LogP contribution in [-0.4, -0.2) is 102 Å². The molecule has 8 nitrogen and oxygen atoms in total. The fourth-order valence-corrected chi connectivity index (χ4v) is 8.79. The van der Waals surface area contributed by atoms with Gasteiger partial charge in [-0.2, -0.15) is 0 Å². The van der Waals surface area contributed by atoms with Crippen molar-refractivity contribution in [3.8, 4) is 0 Å². The van der Waals surface area contributed by atoms with Crippen LogP contribution in [0.2, 0.25) is 0 Å². The Bertz CT molecular complexity index is 961. The molecule has 11 atom stereocenters. The summed E-state index contributed by atoms with van der Waals surface area (Å²) >= 11 is 0. The molecule has 0 aromatic heterocycles. The molecule has 0 aromatic carbocycles. The third-order valence-corrected chi connectivity index (χ3v) is 10.8. The van der Waals surface area contributed by atoms with E-state index in [1.165, 1.54) is 32.1 Å². The molecule has 3 N–H and O–H groups in total. The Kier molecular flexibility index (Phi) is 8.06. The highest BCUT2D eigenvalue weighted by Gasteiger charge is 2.59. The normalized spacial score (nSPS) is 42.7. The summed E-state index contributed by atoms with van der Waals surface area (Å²) in [6.45, 7) is 3.58. The van der Waals surface area contributed by atoms with Gasteiger partial charge in [-0.1, -0.05) is 25.7 Å². The number of ketones is 1. The second-order valence-corrected chi connectivity index (χ2v) is 13.3. The van der Waals surface area contributed by atoms with Gasteiger partial charge in [-0.15, -0.1) is 0 Å². The van der Waals surface area contributed by atoms with Crippen molar-refractivity contribution >= 4 is 11.7 Å². The van der Waals surface area contributed by atoms with Crippen molar-refractivity contribution in [3.05, 3.63) is 11.8 Å². The molecule has 1 amide bonds. The number of aliphatic hydroxyl groups is 1. The molecule has 2 saturated heterocycles. The average molecular weight is 547 g/mol. The molecule has 3 saturated carbocycles. The van der Waals surface area contributed by atoms with Gasteiger partial charge in [-0.3, -0.25) is 9.59 Å². The van der Waals surface area contributed by atoms with Gasteiger partial charge in [0, 0.05) is 31.2 Å². The molecule has 6 aliphatic rings. The van der Waals surface area contributed by atoms with Crippen LogP contribution in [0, 0.1) is 17.8 Å². The lowest BCUT2D eigenvalue weighted by molar-refractivity contribution is -0.208. The van der Waals surface area contributed by atoms with Gasteiger partial charge in [0.2, 0.25) is 0 Å². The van der Waals surface area contributed by atoms with E-state index in [1.807, 2.05) is 6.20 Å². The fraction of sp³-hybridized carbons (Fsp3) is 0.867. The minimum atomic E-state index is -1.29. The zero-order valence-corrected chi connectivity index (χ0v) is 23.6. The first-order valence-electron chi connectivity index (χ1n) is 15.5. The van der Waals surface area contributed by atoms with E-state index in [1.54, 1.807) is 6.92 Å². The smallest absolute Gasteiger partial charge is 0.256 e. The largest absolute Gasteiger partial charge is 0.392 e. The molecule has 3 aliphatic heterocycles.